The van der Waals surface area contributed by atoms with Crippen LogP contribution in [0.25, 0.3) is 6.08 Å². The first-order valence-corrected chi connectivity index (χ1v) is 8.38. The normalized spacial score (nSPS) is 16.5. The molecule has 0 spiro atoms. The van der Waals surface area contributed by atoms with Crippen molar-refractivity contribution in [3.63, 3.8) is 0 Å². The molecule has 3 rings (SSSR count). The van der Waals surface area contributed by atoms with Gasteiger partial charge in [0, 0.05) is 19.8 Å². The molecule has 0 bridgehead atoms. The molecule has 0 amide bonds. The van der Waals surface area contributed by atoms with Gasteiger partial charge < -0.3 is 4.90 Å². The lowest BCUT2D eigenvalue weighted by Crippen LogP contribution is -2.18. The molecule has 1 aliphatic heterocycles. The molecule has 2 aromatic heterocycles. The van der Waals surface area contributed by atoms with E-state index < -0.39 is 0 Å². The quantitative estimate of drug-likeness (QED) is 0.634. The maximum absolute atomic E-state index is 11.7. The molecular weight excluding hydrogens is 318 g/mol. The molecule has 112 valence electrons. The summed E-state index contributed by atoms with van der Waals surface area (Å²) in [4.78, 5) is 34.0. The Morgan fingerprint density at radius 1 is 1.36 bits per heavy atom. The maximum atomic E-state index is 11.7. The molecule has 3 heterocycles. The van der Waals surface area contributed by atoms with Gasteiger partial charge in [-0.15, -0.1) is 0 Å². The predicted molar refractivity (Wildman–Crippen MR) is 88.7 cm³/mol. The number of Topliss-reactive ketones (excluding diaryl/α,β-unsaturated/α-hetero) is 1. The summed E-state index contributed by atoms with van der Waals surface area (Å²) in [5.74, 6) is 0.448. The topological polar surface area (TPSA) is 63.2 Å². The van der Waals surface area contributed by atoms with Crippen molar-refractivity contribution in [2.45, 2.75) is 13.0 Å². The highest BCUT2D eigenvalue weighted by molar-refractivity contribution is 8.18. The van der Waals surface area contributed by atoms with Gasteiger partial charge in [0.15, 0.2) is 5.78 Å². The molecule has 2 aromatic rings. The van der Waals surface area contributed by atoms with Crippen LogP contribution < -0.4 is 4.90 Å². The number of thiophene rings is 1. The number of carbonyl (C=O) groups excluding carboxylic acids is 2. The van der Waals surface area contributed by atoms with Crippen LogP contribution in [-0.2, 0) is 16.1 Å². The van der Waals surface area contributed by atoms with Gasteiger partial charge in [-0.3, -0.25) is 9.59 Å². The van der Waals surface area contributed by atoms with Gasteiger partial charge in [0.05, 0.1) is 17.0 Å². The minimum atomic E-state index is -0.137. The molecule has 0 unspecified atom stereocenters. The molecule has 1 fully saturated rings. The van der Waals surface area contributed by atoms with Gasteiger partial charge >= 0.3 is 0 Å². The third-order valence-corrected chi connectivity index (χ3v) is 4.76. The van der Waals surface area contributed by atoms with Crippen LogP contribution in [0.2, 0.25) is 0 Å². The molecule has 0 aliphatic carbocycles. The lowest BCUT2D eigenvalue weighted by atomic mass is 10.2. The lowest BCUT2D eigenvalue weighted by Gasteiger charge is -2.16. The number of hydrogen-bond acceptors (Lipinski definition) is 7. The molecule has 0 aromatic carbocycles. The van der Waals surface area contributed by atoms with Crippen molar-refractivity contribution in [2.24, 2.45) is 0 Å². The van der Waals surface area contributed by atoms with Crippen molar-refractivity contribution in [3.05, 3.63) is 45.3 Å². The van der Waals surface area contributed by atoms with E-state index in [0.29, 0.717) is 16.5 Å². The molecular formula is C15H13N3O2S2. The number of allylic oxidation sites excluding steroid dienone is 1. The number of thioether (sulfide) groups is 1. The van der Waals surface area contributed by atoms with Gasteiger partial charge in [0.2, 0.25) is 11.1 Å². The number of rotatable bonds is 4. The molecule has 7 heteroatoms. The summed E-state index contributed by atoms with van der Waals surface area (Å²) in [6.07, 6.45) is 3.29. The largest absolute Gasteiger partial charge is 0.340 e. The minimum Gasteiger partial charge on any atom is -0.340 e. The summed E-state index contributed by atoms with van der Waals surface area (Å²) >= 11 is 2.64. The van der Waals surface area contributed by atoms with Crippen LogP contribution >= 0.6 is 23.1 Å². The second-order valence-corrected chi connectivity index (χ2v) is 6.73. The highest BCUT2D eigenvalue weighted by Gasteiger charge is 2.25. The van der Waals surface area contributed by atoms with Gasteiger partial charge in [-0.1, -0.05) is 0 Å². The van der Waals surface area contributed by atoms with Crippen molar-refractivity contribution in [3.8, 4) is 0 Å². The van der Waals surface area contributed by atoms with Crippen molar-refractivity contribution in [2.75, 3.05) is 11.9 Å². The van der Waals surface area contributed by atoms with Crippen LogP contribution in [0.15, 0.2) is 34.0 Å². The zero-order valence-electron chi connectivity index (χ0n) is 11.9. The van der Waals surface area contributed by atoms with Gasteiger partial charge in [-0.2, -0.15) is 11.3 Å². The minimum absolute atomic E-state index is 0.0213. The summed E-state index contributed by atoms with van der Waals surface area (Å²) in [5.41, 5.74) is 1.83. The number of carbonyl (C=O) groups is 2. The standard InChI is InChI=1S/C15H13N3O2S2/c1-18(8-10-3-5-21-9-10)15-16-4-2-11(17-15)6-13-12(19)7-14(20)22-13/h2-6,9H,7-8H2,1H3/b13-6-. The van der Waals surface area contributed by atoms with E-state index in [2.05, 4.69) is 21.4 Å². The SMILES string of the molecule is CN(Cc1ccsc1)c1nccc(/C=C2\SC(=O)CC2=O)n1. The van der Waals surface area contributed by atoms with Crippen LogP contribution in [0, 0.1) is 0 Å². The first-order chi connectivity index (χ1) is 10.6. The Labute approximate surface area is 136 Å². The average molecular weight is 331 g/mol. The highest BCUT2D eigenvalue weighted by atomic mass is 32.2. The fourth-order valence-corrected chi connectivity index (χ4v) is 3.51. The lowest BCUT2D eigenvalue weighted by molar-refractivity contribution is -0.119. The highest BCUT2D eigenvalue weighted by Crippen LogP contribution is 2.30. The predicted octanol–water partition coefficient (Wildman–Crippen LogP) is 2.75. The Balaban J connectivity index is 1.79. The van der Waals surface area contributed by atoms with Crippen LogP contribution in [0.4, 0.5) is 5.95 Å². The van der Waals surface area contributed by atoms with E-state index in [9.17, 15) is 9.59 Å². The smallest absolute Gasteiger partial charge is 0.225 e. The molecule has 0 atom stereocenters. The Bertz CT molecular complexity index is 741. The van der Waals surface area contributed by atoms with Crippen LogP contribution in [0.3, 0.4) is 0 Å². The zero-order chi connectivity index (χ0) is 15.5. The fourth-order valence-electron chi connectivity index (χ4n) is 2.03. The van der Waals surface area contributed by atoms with Crippen LogP contribution in [-0.4, -0.2) is 27.9 Å². The maximum Gasteiger partial charge on any atom is 0.225 e. The Hall–Kier alpha value is -1.99. The summed E-state index contributed by atoms with van der Waals surface area (Å²) in [7, 11) is 1.92. The van der Waals surface area contributed by atoms with Crippen molar-refractivity contribution >= 4 is 46.0 Å². The van der Waals surface area contributed by atoms with Crippen LogP contribution in [0.1, 0.15) is 17.7 Å². The van der Waals surface area contributed by atoms with Gasteiger partial charge in [0.25, 0.3) is 0 Å². The summed E-state index contributed by atoms with van der Waals surface area (Å²) < 4.78 is 0. The van der Waals surface area contributed by atoms with Crippen molar-refractivity contribution in [1.29, 1.82) is 0 Å². The average Bonchev–Trinajstić information content (AvgIpc) is 3.09. The third-order valence-electron chi connectivity index (χ3n) is 3.09. The van der Waals surface area contributed by atoms with E-state index in [1.165, 1.54) is 5.56 Å². The first kappa shape index (κ1) is 14.9. The zero-order valence-corrected chi connectivity index (χ0v) is 13.5. The van der Waals surface area contributed by atoms with Gasteiger partial charge in [0.1, 0.15) is 0 Å². The van der Waals surface area contributed by atoms with E-state index in [4.69, 9.17) is 0 Å². The summed E-state index contributed by atoms with van der Waals surface area (Å²) in [5, 5.41) is 4.01. The van der Waals surface area contributed by atoms with Crippen LogP contribution in [0.5, 0.6) is 0 Å². The second-order valence-electron chi connectivity index (χ2n) is 4.85. The Morgan fingerprint density at radius 2 is 2.23 bits per heavy atom. The third kappa shape index (κ3) is 3.42. The number of hydrogen-bond donors (Lipinski definition) is 0. The van der Waals surface area contributed by atoms with E-state index in [0.717, 1.165) is 18.3 Å². The van der Waals surface area contributed by atoms with E-state index in [-0.39, 0.29) is 17.3 Å². The van der Waals surface area contributed by atoms with Gasteiger partial charge in [-0.05, 0) is 46.3 Å². The number of ketones is 1. The molecule has 0 N–H and O–H groups in total. The molecule has 0 radical (unpaired) electrons. The second kappa shape index (κ2) is 6.41. The number of aromatic nitrogens is 2. The van der Waals surface area contributed by atoms with Gasteiger partial charge in [-0.25, -0.2) is 9.97 Å². The summed E-state index contributed by atoms with van der Waals surface area (Å²) in [6, 6.07) is 3.79. The van der Waals surface area contributed by atoms with E-state index in [1.54, 1.807) is 29.7 Å². The number of anilines is 1. The summed E-state index contributed by atoms with van der Waals surface area (Å²) in [6.45, 7) is 0.718. The first-order valence-electron chi connectivity index (χ1n) is 6.62. The Morgan fingerprint density at radius 3 is 2.91 bits per heavy atom. The molecule has 22 heavy (non-hydrogen) atoms. The van der Waals surface area contributed by atoms with Crippen molar-refractivity contribution < 1.29 is 9.59 Å². The Kier molecular flexibility index (Phi) is 4.35. The molecule has 0 saturated carbocycles. The molecule has 1 saturated heterocycles. The van der Waals surface area contributed by atoms with E-state index >= 15 is 0 Å². The molecule has 1 aliphatic rings. The fraction of sp³-hybridized carbons (Fsp3) is 0.200. The van der Waals surface area contributed by atoms with E-state index in [1.807, 2.05) is 17.3 Å². The molecule has 5 nitrogen and oxygen atoms in total. The monoisotopic (exact) mass is 331 g/mol. The number of nitrogens with zero attached hydrogens (tertiary/aromatic N) is 3. The van der Waals surface area contributed by atoms with Crippen molar-refractivity contribution in [1.82, 2.24) is 9.97 Å².